The average Bonchev–Trinajstić information content (AvgIpc) is 2.98. The van der Waals surface area contributed by atoms with Crippen LogP contribution in [0.15, 0.2) is 43.0 Å². The van der Waals surface area contributed by atoms with Crippen LogP contribution >= 0.6 is 0 Å². The standard InChI is InChI=1S/C14H14N4O3/c15-14(20)12-7-18(10-3-1-2-4-11(10)21-12)13(19)8-17-6-5-16-9-17/h1-6,9,12H,7-8H2,(H2,15,20)/t12-/m1/s1. The highest BCUT2D eigenvalue weighted by Gasteiger charge is 2.32. The highest BCUT2D eigenvalue weighted by atomic mass is 16.5. The van der Waals surface area contributed by atoms with Gasteiger partial charge in [-0.1, -0.05) is 12.1 Å². The molecule has 2 aromatic rings. The van der Waals surface area contributed by atoms with E-state index in [1.54, 1.807) is 41.5 Å². The Morgan fingerprint density at radius 1 is 1.38 bits per heavy atom. The Balaban J connectivity index is 1.89. The van der Waals surface area contributed by atoms with Crippen LogP contribution in [0.25, 0.3) is 0 Å². The summed E-state index contributed by atoms with van der Waals surface area (Å²) in [5.41, 5.74) is 5.94. The van der Waals surface area contributed by atoms with Crippen LogP contribution in [0.3, 0.4) is 0 Å². The number of hydrogen-bond donors (Lipinski definition) is 1. The van der Waals surface area contributed by atoms with Crippen molar-refractivity contribution in [2.24, 2.45) is 5.73 Å². The van der Waals surface area contributed by atoms with Crippen molar-refractivity contribution in [3.05, 3.63) is 43.0 Å². The van der Waals surface area contributed by atoms with Gasteiger partial charge in [0.15, 0.2) is 6.10 Å². The number of benzene rings is 1. The van der Waals surface area contributed by atoms with Gasteiger partial charge in [-0.3, -0.25) is 9.59 Å². The molecule has 3 rings (SSSR count). The van der Waals surface area contributed by atoms with Crippen LogP contribution in [0.2, 0.25) is 0 Å². The molecule has 0 aliphatic carbocycles. The van der Waals surface area contributed by atoms with Crippen molar-refractivity contribution in [1.82, 2.24) is 9.55 Å². The fraction of sp³-hybridized carbons (Fsp3) is 0.214. The number of ether oxygens (including phenoxy) is 1. The van der Waals surface area contributed by atoms with E-state index in [0.717, 1.165) is 0 Å². The van der Waals surface area contributed by atoms with Crippen LogP contribution in [0.5, 0.6) is 5.75 Å². The molecular formula is C14H14N4O3. The Hall–Kier alpha value is -2.83. The van der Waals surface area contributed by atoms with Crippen LogP contribution in [0.4, 0.5) is 5.69 Å². The summed E-state index contributed by atoms with van der Waals surface area (Å²) in [7, 11) is 0. The van der Waals surface area contributed by atoms with E-state index < -0.39 is 12.0 Å². The van der Waals surface area contributed by atoms with Crippen LogP contribution < -0.4 is 15.4 Å². The molecule has 1 aromatic carbocycles. The van der Waals surface area contributed by atoms with Crippen LogP contribution in [-0.4, -0.2) is 34.0 Å². The quantitative estimate of drug-likeness (QED) is 0.870. The number of nitrogens with zero attached hydrogens (tertiary/aromatic N) is 3. The van der Waals surface area contributed by atoms with Crippen molar-refractivity contribution in [3.8, 4) is 5.75 Å². The molecule has 0 saturated heterocycles. The molecule has 108 valence electrons. The summed E-state index contributed by atoms with van der Waals surface area (Å²) in [6.07, 6.45) is 4.03. The minimum atomic E-state index is -0.841. The normalized spacial score (nSPS) is 17.0. The molecule has 0 saturated carbocycles. The van der Waals surface area contributed by atoms with Gasteiger partial charge in [0.2, 0.25) is 5.91 Å². The maximum atomic E-state index is 12.5. The van der Waals surface area contributed by atoms with Crippen molar-refractivity contribution in [3.63, 3.8) is 0 Å². The summed E-state index contributed by atoms with van der Waals surface area (Å²) in [5, 5.41) is 0. The summed E-state index contributed by atoms with van der Waals surface area (Å²) >= 11 is 0. The van der Waals surface area contributed by atoms with Crippen LogP contribution in [0.1, 0.15) is 0 Å². The molecule has 7 heteroatoms. The van der Waals surface area contributed by atoms with E-state index in [1.807, 2.05) is 6.07 Å². The molecule has 1 aliphatic heterocycles. The van der Waals surface area contributed by atoms with Gasteiger partial charge >= 0.3 is 0 Å². The van der Waals surface area contributed by atoms with Crippen LogP contribution in [-0.2, 0) is 16.1 Å². The molecule has 21 heavy (non-hydrogen) atoms. The molecular weight excluding hydrogens is 272 g/mol. The molecule has 1 aromatic heterocycles. The fourth-order valence-electron chi connectivity index (χ4n) is 2.24. The smallest absolute Gasteiger partial charge is 0.260 e. The first-order valence-electron chi connectivity index (χ1n) is 6.46. The van der Waals surface area contributed by atoms with Crippen molar-refractivity contribution < 1.29 is 14.3 Å². The Labute approximate surface area is 120 Å². The van der Waals surface area contributed by atoms with E-state index in [4.69, 9.17) is 10.5 Å². The second-order valence-corrected chi connectivity index (χ2v) is 4.72. The molecule has 1 aliphatic rings. The third-order valence-electron chi connectivity index (χ3n) is 3.27. The van der Waals surface area contributed by atoms with Gasteiger partial charge in [0, 0.05) is 12.4 Å². The molecule has 1 atom stereocenters. The van der Waals surface area contributed by atoms with Crippen molar-refractivity contribution in [2.45, 2.75) is 12.6 Å². The number of anilines is 1. The highest BCUT2D eigenvalue weighted by Crippen LogP contribution is 2.33. The molecule has 7 nitrogen and oxygen atoms in total. The van der Waals surface area contributed by atoms with E-state index in [2.05, 4.69) is 4.98 Å². The summed E-state index contributed by atoms with van der Waals surface area (Å²) in [6, 6.07) is 7.07. The zero-order valence-electron chi connectivity index (χ0n) is 11.2. The lowest BCUT2D eigenvalue weighted by atomic mass is 10.1. The number of primary amides is 1. The van der Waals surface area contributed by atoms with Gasteiger partial charge in [-0.15, -0.1) is 0 Å². The highest BCUT2D eigenvalue weighted by molar-refractivity contribution is 5.97. The van der Waals surface area contributed by atoms with Gasteiger partial charge in [-0.2, -0.15) is 0 Å². The summed E-state index contributed by atoms with van der Waals surface area (Å²) < 4.78 is 7.19. The largest absolute Gasteiger partial charge is 0.477 e. The van der Waals surface area contributed by atoms with E-state index in [9.17, 15) is 9.59 Å². The third-order valence-corrected chi connectivity index (χ3v) is 3.27. The van der Waals surface area contributed by atoms with Crippen LogP contribution in [0, 0.1) is 0 Å². The lowest BCUT2D eigenvalue weighted by Crippen LogP contribution is -2.50. The molecule has 0 fully saturated rings. The number of imidazole rings is 1. The molecule has 0 spiro atoms. The number of carbonyl (C=O) groups is 2. The number of nitrogens with two attached hydrogens (primary N) is 1. The van der Waals surface area contributed by atoms with Gasteiger partial charge in [0.1, 0.15) is 12.3 Å². The molecule has 0 bridgehead atoms. The summed E-state index contributed by atoms with van der Waals surface area (Å²) in [6.45, 7) is 0.250. The molecule has 2 amide bonds. The minimum absolute atomic E-state index is 0.111. The Kier molecular flexibility index (Phi) is 3.31. The SMILES string of the molecule is NC(=O)[C@H]1CN(C(=O)Cn2ccnc2)c2ccccc2O1. The predicted molar refractivity (Wildman–Crippen MR) is 74.6 cm³/mol. The van der Waals surface area contributed by atoms with E-state index in [1.165, 1.54) is 4.90 Å². The van der Waals surface area contributed by atoms with Crippen molar-refractivity contribution in [1.29, 1.82) is 0 Å². The van der Waals surface area contributed by atoms with Gasteiger partial charge in [-0.05, 0) is 12.1 Å². The molecule has 2 N–H and O–H groups in total. The topological polar surface area (TPSA) is 90.5 Å². The lowest BCUT2D eigenvalue weighted by Gasteiger charge is -2.33. The first-order chi connectivity index (χ1) is 10.1. The zero-order chi connectivity index (χ0) is 14.8. The fourth-order valence-corrected chi connectivity index (χ4v) is 2.24. The maximum absolute atomic E-state index is 12.5. The Morgan fingerprint density at radius 3 is 2.90 bits per heavy atom. The molecule has 0 radical (unpaired) electrons. The number of amides is 2. The average molecular weight is 286 g/mol. The number of carbonyl (C=O) groups excluding carboxylic acids is 2. The number of rotatable bonds is 3. The first-order valence-corrected chi connectivity index (χ1v) is 6.46. The lowest BCUT2D eigenvalue weighted by molar-refractivity contribution is -0.125. The van der Waals surface area contributed by atoms with E-state index in [-0.39, 0.29) is 19.0 Å². The van der Waals surface area contributed by atoms with Gasteiger partial charge < -0.3 is 19.9 Å². The first kappa shape index (κ1) is 13.2. The Morgan fingerprint density at radius 2 is 2.19 bits per heavy atom. The summed E-state index contributed by atoms with van der Waals surface area (Å²) in [4.78, 5) is 29.3. The second kappa shape index (κ2) is 5.28. The summed E-state index contributed by atoms with van der Waals surface area (Å²) in [5.74, 6) is -0.272. The Bertz CT molecular complexity index is 669. The van der Waals surface area contributed by atoms with Crippen molar-refractivity contribution in [2.75, 3.05) is 11.4 Å². The molecule has 0 unspecified atom stereocenters. The number of aromatic nitrogens is 2. The minimum Gasteiger partial charge on any atom is -0.477 e. The predicted octanol–water partition coefficient (Wildman–Crippen LogP) is 0.163. The maximum Gasteiger partial charge on any atom is 0.260 e. The number of para-hydroxylation sites is 2. The number of fused-ring (bicyclic) bond motifs is 1. The third kappa shape index (κ3) is 2.58. The van der Waals surface area contributed by atoms with Gasteiger partial charge in [-0.25, -0.2) is 4.98 Å². The van der Waals surface area contributed by atoms with Gasteiger partial charge in [0.25, 0.3) is 5.91 Å². The number of hydrogen-bond acceptors (Lipinski definition) is 4. The van der Waals surface area contributed by atoms with E-state index in [0.29, 0.717) is 11.4 Å². The zero-order valence-corrected chi connectivity index (χ0v) is 11.2. The monoisotopic (exact) mass is 286 g/mol. The second-order valence-electron chi connectivity index (χ2n) is 4.72. The van der Waals surface area contributed by atoms with Crippen molar-refractivity contribution >= 4 is 17.5 Å². The molecule has 2 heterocycles. The van der Waals surface area contributed by atoms with Gasteiger partial charge in [0.05, 0.1) is 18.6 Å². The van der Waals surface area contributed by atoms with E-state index >= 15 is 0 Å².